The second-order valence-corrected chi connectivity index (χ2v) is 11.0. The van der Waals surface area contributed by atoms with Crippen molar-refractivity contribution in [3.63, 3.8) is 0 Å². The van der Waals surface area contributed by atoms with Crippen molar-refractivity contribution in [1.82, 2.24) is 49.1 Å². The van der Waals surface area contributed by atoms with Gasteiger partial charge in [0.25, 0.3) is 11.1 Å². The van der Waals surface area contributed by atoms with Gasteiger partial charge < -0.3 is 20.7 Å². The average molecular weight is 576 g/mol. The predicted octanol–water partition coefficient (Wildman–Crippen LogP) is 3.29. The highest BCUT2D eigenvalue weighted by Gasteiger charge is 2.23. The number of H-pyrrole nitrogens is 3. The number of hydrogen-bond donors (Lipinski definition) is 4. The Morgan fingerprint density at radius 1 is 0.814 bits per heavy atom. The third-order valence-electron chi connectivity index (χ3n) is 7.95. The van der Waals surface area contributed by atoms with Gasteiger partial charge in [-0.1, -0.05) is 32.9 Å². The zero-order valence-corrected chi connectivity index (χ0v) is 23.8. The second kappa shape index (κ2) is 10.1. The third-order valence-corrected chi connectivity index (χ3v) is 7.95. The Balaban J connectivity index is 1.36. The quantitative estimate of drug-likeness (QED) is 0.223. The van der Waals surface area contributed by atoms with E-state index in [0.29, 0.717) is 47.0 Å². The third kappa shape index (κ3) is 4.32. The molecule has 216 valence electrons. The van der Waals surface area contributed by atoms with Crippen molar-refractivity contribution in [2.75, 3.05) is 0 Å². The molecule has 0 bridgehead atoms. The summed E-state index contributed by atoms with van der Waals surface area (Å²) >= 11 is 0. The summed E-state index contributed by atoms with van der Waals surface area (Å²) in [6, 6.07) is 9.90. The van der Waals surface area contributed by atoms with E-state index in [4.69, 9.17) is 5.73 Å². The molecule has 6 aromatic heterocycles. The molecule has 0 aliphatic heterocycles. The van der Waals surface area contributed by atoms with Crippen LogP contribution in [0.15, 0.2) is 65.0 Å². The SMILES string of the molecule is CC(C)c1c(-c2ccc(CN)c(CC(C)c3c(-c4cnc5[nH]ccc5c4)[nH]c4ncnn4c3=O)c2)[nH]c2ncnn2c1=O. The summed E-state index contributed by atoms with van der Waals surface area (Å²) < 4.78 is 2.56. The fraction of sp³-hybridized carbons (Fsp3) is 0.233. The molecule has 0 aliphatic rings. The number of fused-ring (bicyclic) bond motifs is 3. The molecule has 0 saturated carbocycles. The second-order valence-electron chi connectivity index (χ2n) is 11.0. The standard InChI is InChI=1S/C30H29N11O2/c1-15(2)22-24(38-29-34-13-36-40(29)27(22)42)17-4-5-19(11-31)20(9-17)8-16(3)23-25(39-30-35-14-37-41(30)28(23)43)21-10-18-6-7-32-26(18)33-12-21/h4-7,9-10,12-16H,8,11,31H2,1-3H3,(H,32,33)(H,34,36,38)(H,35,37,39). The molecular weight excluding hydrogens is 546 g/mol. The fourth-order valence-corrected chi connectivity index (χ4v) is 5.88. The van der Waals surface area contributed by atoms with Crippen LogP contribution in [0.1, 0.15) is 54.9 Å². The number of aromatic amines is 3. The van der Waals surface area contributed by atoms with E-state index in [-0.39, 0.29) is 23.0 Å². The molecule has 0 radical (unpaired) electrons. The van der Waals surface area contributed by atoms with Crippen molar-refractivity contribution in [1.29, 1.82) is 0 Å². The molecule has 0 fully saturated rings. The molecule has 1 atom stereocenters. The molecule has 0 amide bonds. The van der Waals surface area contributed by atoms with E-state index in [1.807, 2.05) is 57.3 Å². The van der Waals surface area contributed by atoms with Crippen LogP contribution >= 0.6 is 0 Å². The van der Waals surface area contributed by atoms with Gasteiger partial charge in [-0.25, -0.2) is 4.98 Å². The number of benzene rings is 1. The first-order valence-electron chi connectivity index (χ1n) is 14.0. The van der Waals surface area contributed by atoms with E-state index in [9.17, 15) is 9.59 Å². The fourth-order valence-electron chi connectivity index (χ4n) is 5.88. The number of pyridine rings is 1. The van der Waals surface area contributed by atoms with E-state index >= 15 is 0 Å². The van der Waals surface area contributed by atoms with E-state index in [1.165, 1.54) is 21.7 Å². The van der Waals surface area contributed by atoms with Crippen LogP contribution in [-0.2, 0) is 13.0 Å². The van der Waals surface area contributed by atoms with Crippen LogP contribution in [0.25, 0.3) is 45.1 Å². The lowest BCUT2D eigenvalue weighted by Gasteiger charge is -2.19. The lowest BCUT2D eigenvalue weighted by atomic mass is 9.88. The summed E-state index contributed by atoms with van der Waals surface area (Å²) in [4.78, 5) is 49.9. The Bertz CT molecular complexity index is 2270. The van der Waals surface area contributed by atoms with Crippen LogP contribution in [0.2, 0.25) is 0 Å². The van der Waals surface area contributed by atoms with Gasteiger partial charge in [-0.15, -0.1) is 0 Å². The Morgan fingerprint density at radius 3 is 2.16 bits per heavy atom. The van der Waals surface area contributed by atoms with Gasteiger partial charge in [-0.05, 0) is 53.1 Å². The summed E-state index contributed by atoms with van der Waals surface area (Å²) in [5, 5.41) is 9.17. The molecule has 0 spiro atoms. The summed E-state index contributed by atoms with van der Waals surface area (Å²) in [5.41, 5.74) is 12.5. The molecule has 5 N–H and O–H groups in total. The maximum atomic E-state index is 13.9. The van der Waals surface area contributed by atoms with Gasteiger partial charge in [-0.3, -0.25) is 9.59 Å². The van der Waals surface area contributed by atoms with E-state index in [2.05, 4.69) is 40.1 Å². The molecule has 7 rings (SSSR count). The first-order chi connectivity index (χ1) is 20.8. The Kier molecular flexibility index (Phi) is 6.24. The molecule has 13 heteroatoms. The molecule has 1 aromatic carbocycles. The van der Waals surface area contributed by atoms with Crippen molar-refractivity contribution in [2.24, 2.45) is 5.73 Å². The molecule has 0 aliphatic carbocycles. The van der Waals surface area contributed by atoms with Crippen LogP contribution in [0, 0.1) is 0 Å². The first-order valence-corrected chi connectivity index (χ1v) is 14.0. The van der Waals surface area contributed by atoms with Crippen LogP contribution in [0.4, 0.5) is 0 Å². The number of rotatable bonds is 7. The van der Waals surface area contributed by atoms with E-state index in [1.54, 1.807) is 6.20 Å². The predicted molar refractivity (Wildman–Crippen MR) is 162 cm³/mol. The zero-order chi connectivity index (χ0) is 29.8. The number of nitrogens with zero attached hydrogens (tertiary/aromatic N) is 7. The van der Waals surface area contributed by atoms with Crippen molar-refractivity contribution >= 4 is 22.6 Å². The van der Waals surface area contributed by atoms with Crippen molar-refractivity contribution in [2.45, 2.75) is 45.6 Å². The molecule has 6 heterocycles. The molecule has 43 heavy (non-hydrogen) atoms. The van der Waals surface area contributed by atoms with Gasteiger partial charge in [0.05, 0.1) is 11.4 Å². The minimum Gasteiger partial charge on any atom is -0.346 e. The summed E-state index contributed by atoms with van der Waals surface area (Å²) in [6.07, 6.45) is 6.79. The largest absolute Gasteiger partial charge is 0.346 e. The smallest absolute Gasteiger partial charge is 0.279 e. The lowest BCUT2D eigenvalue weighted by molar-refractivity contribution is 0.721. The maximum absolute atomic E-state index is 13.9. The van der Waals surface area contributed by atoms with Crippen molar-refractivity contribution < 1.29 is 0 Å². The highest BCUT2D eigenvalue weighted by molar-refractivity contribution is 5.81. The molecule has 13 nitrogen and oxygen atoms in total. The number of nitrogens with two attached hydrogens (primary N) is 1. The van der Waals surface area contributed by atoms with Gasteiger partial charge in [0.15, 0.2) is 0 Å². The summed E-state index contributed by atoms with van der Waals surface area (Å²) in [7, 11) is 0. The molecular formula is C30H29N11O2. The molecule has 1 unspecified atom stereocenters. The number of hydrogen-bond acceptors (Lipinski definition) is 8. The maximum Gasteiger partial charge on any atom is 0.279 e. The summed E-state index contributed by atoms with van der Waals surface area (Å²) in [5.74, 6) is 0.402. The lowest BCUT2D eigenvalue weighted by Crippen LogP contribution is -2.24. The Hall–Kier alpha value is -5.43. The van der Waals surface area contributed by atoms with Gasteiger partial charge in [0.2, 0.25) is 11.6 Å². The van der Waals surface area contributed by atoms with E-state index < -0.39 is 0 Å². The Morgan fingerprint density at radius 2 is 1.49 bits per heavy atom. The first kappa shape index (κ1) is 26.5. The number of aromatic nitrogens is 10. The average Bonchev–Trinajstić information content (AvgIpc) is 3.77. The van der Waals surface area contributed by atoms with Gasteiger partial charge >= 0.3 is 0 Å². The van der Waals surface area contributed by atoms with E-state index in [0.717, 1.165) is 33.3 Å². The molecule has 7 aromatic rings. The molecule has 0 saturated heterocycles. The van der Waals surface area contributed by atoms with Gasteiger partial charge in [-0.2, -0.15) is 29.2 Å². The van der Waals surface area contributed by atoms with Crippen molar-refractivity contribution in [3.8, 4) is 22.5 Å². The highest BCUT2D eigenvalue weighted by Crippen LogP contribution is 2.32. The van der Waals surface area contributed by atoms with Crippen LogP contribution in [0.5, 0.6) is 0 Å². The topological polar surface area (TPSA) is 181 Å². The minimum absolute atomic E-state index is 0.0644. The van der Waals surface area contributed by atoms with Crippen LogP contribution < -0.4 is 16.9 Å². The normalized spacial score (nSPS) is 12.7. The van der Waals surface area contributed by atoms with Crippen LogP contribution in [-0.4, -0.2) is 49.1 Å². The van der Waals surface area contributed by atoms with Gasteiger partial charge in [0.1, 0.15) is 18.3 Å². The zero-order valence-electron chi connectivity index (χ0n) is 23.8. The minimum atomic E-state index is -0.253. The Labute approximate surface area is 243 Å². The monoisotopic (exact) mass is 575 g/mol. The van der Waals surface area contributed by atoms with Gasteiger partial charge in [0, 0.05) is 41.0 Å². The number of nitrogens with one attached hydrogen (secondary N) is 3. The summed E-state index contributed by atoms with van der Waals surface area (Å²) in [6.45, 7) is 6.28. The highest BCUT2D eigenvalue weighted by atomic mass is 16.1. The van der Waals surface area contributed by atoms with Crippen molar-refractivity contribution in [3.05, 3.63) is 98.3 Å². The van der Waals surface area contributed by atoms with Crippen LogP contribution in [0.3, 0.4) is 0 Å².